The Morgan fingerprint density at radius 1 is 1.58 bits per heavy atom. The Labute approximate surface area is 71.6 Å². The van der Waals surface area contributed by atoms with E-state index in [1.54, 1.807) is 23.9 Å². The summed E-state index contributed by atoms with van der Waals surface area (Å²) in [5, 5.41) is 0. The van der Waals surface area contributed by atoms with Crippen LogP contribution in [0.4, 0.5) is 0 Å². The topological polar surface area (TPSA) is 31.2 Å². The Kier molecular flexibility index (Phi) is 3.05. The highest BCUT2D eigenvalue weighted by Gasteiger charge is 1.93. The van der Waals surface area contributed by atoms with E-state index in [-0.39, 0.29) is 5.56 Å². The van der Waals surface area contributed by atoms with Crippen LogP contribution in [0, 0.1) is 6.92 Å². The molecule has 0 aliphatic carbocycles. The molecular formula is C9H13NO2. The summed E-state index contributed by atoms with van der Waals surface area (Å²) in [7, 11) is 1.62. The Morgan fingerprint density at radius 3 is 2.92 bits per heavy atom. The highest BCUT2D eigenvalue weighted by Crippen LogP contribution is 1.90. The zero-order valence-corrected chi connectivity index (χ0v) is 7.41. The average Bonchev–Trinajstić information content (AvgIpc) is 2.03. The monoisotopic (exact) mass is 167 g/mol. The zero-order valence-electron chi connectivity index (χ0n) is 7.41. The van der Waals surface area contributed by atoms with E-state index in [4.69, 9.17) is 4.74 Å². The minimum Gasteiger partial charge on any atom is -0.383 e. The van der Waals surface area contributed by atoms with Gasteiger partial charge in [-0.05, 0) is 18.6 Å². The number of ether oxygens (including phenoxy) is 1. The van der Waals surface area contributed by atoms with E-state index in [1.807, 2.05) is 13.0 Å². The number of pyridine rings is 1. The van der Waals surface area contributed by atoms with Crippen LogP contribution < -0.4 is 5.56 Å². The molecule has 1 heterocycles. The summed E-state index contributed by atoms with van der Waals surface area (Å²) in [5.74, 6) is 0. The van der Waals surface area contributed by atoms with Crippen LogP contribution in [0.1, 0.15) is 5.56 Å². The molecule has 1 aromatic heterocycles. The predicted octanol–water partition coefficient (Wildman–Crippen LogP) is 0.803. The van der Waals surface area contributed by atoms with Gasteiger partial charge in [0.2, 0.25) is 0 Å². The molecule has 3 nitrogen and oxygen atoms in total. The van der Waals surface area contributed by atoms with Gasteiger partial charge in [0.25, 0.3) is 5.56 Å². The average molecular weight is 167 g/mol. The lowest BCUT2D eigenvalue weighted by molar-refractivity contribution is 0.186. The Hall–Kier alpha value is -1.09. The third kappa shape index (κ3) is 2.20. The van der Waals surface area contributed by atoms with Crippen LogP contribution in [-0.2, 0) is 11.3 Å². The molecule has 0 aliphatic heterocycles. The van der Waals surface area contributed by atoms with Crippen molar-refractivity contribution < 1.29 is 4.74 Å². The van der Waals surface area contributed by atoms with Crippen molar-refractivity contribution in [1.29, 1.82) is 0 Å². The maximum Gasteiger partial charge on any atom is 0.250 e. The molecule has 0 spiro atoms. The fraction of sp³-hybridized carbons (Fsp3) is 0.444. The lowest BCUT2D eigenvalue weighted by Crippen LogP contribution is -2.20. The van der Waals surface area contributed by atoms with E-state index in [0.717, 1.165) is 5.56 Å². The van der Waals surface area contributed by atoms with Gasteiger partial charge in [0, 0.05) is 25.9 Å². The van der Waals surface area contributed by atoms with Gasteiger partial charge in [-0.15, -0.1) is 0 Å². The van der Waals surface area contributed by atoms with Gasteiger partial charge >= 0.3 is 0 Å². The molecule has 0 atom stereocenters. The molecule has 1 aromatic rings. The number of aryl methyl sites for hydroxylation is 1. The van der Waals surface area contributed by atoms with Gasteiger partial charge in [-0.3, -0.25) is 4.79 Å². The maximum atomic E-state index is 11.3. The van der Waals surface area contributed by atoms with Crippen molar-refractivity contribution in [2.45, 2.75) is 13.5 Å². The number of hydrogen-bond donors (Lipinski definition) is 0. The van der Waals surface area contributed by atoms with Crippen LogP contribution in [0.5, 0.6) is 0 Å². The fourth-order valence-electron chi connectivity index (χ4n) is 0.981. The summed E-state index contributed by atoms with van der Waals surface area (Å²) >= 11 is 0. The van der Waals surface area contributed by atoms with Gasteiger partial charge in [0.15, 0.2) is 0 Å². The largest absolute Gasteiger partial charge is 0.383 e. The van der Waals surface area contributed by atoms with Crippen LogP contribution in [0.15, 0.2) is 23.1 Å². The van der Waals surface area contributed by atoms with E-state index >= 15 is 0 Å². The molecule has 0 saturated carbocycles. The smallest absolute Gasteiger partial charge is 0.250 e. The molecular weight excluding hydrogens is 154 g/mol. The fourth-order valence-corrected chi connectivity index (χ4v) is 0.981. The molecule has 0 radical (unpaired) electrons. The predicted molar refractivity (Wildman–Crippen MR) is 47.3 cm³/mol. The van der Waals surface area contributed by atoms with Crippen molar-refractivity contribution in [3.05, 3.63) is 34.2 Å². The highest BCUT2D eigenvalue weighted by atomic mass is 16.5. The Balaban J connectivity index is 2.80. The third-order valence-corrected chi connectivity index (χ3v) is 1.69. The van der Waals surface area contributed by atoms with Gasteiger partial charge in [-0.1, -0.05) is 0 Å². The SMILES string of the molecule is COCCn1ccc(C)cc1=O. The molecule has 0 saturated heterocycles. The van der Waals surface area contributed by atoms with Crippen LogP contribution in [0.3, 0.4) is 0 Å². The number of hydrogen-bond acceptors (Lipinski definition) is 2. The molecule has 1 rings (SSSR count). The minimum atomic E-state index is 0.0343. The summed E-state index contributed by atoms with van der Waals surface area (Å²) in [6, 6.07) is 3.53. The summed E-state index contributed by atoms with van der Waals surface area (Å²) in [6.07, 6.45) is 1.79. The summed E-state index contributed by atoms with van der Waals surface area (Å²) in [6.45, 7) is 3.10. The van der Waals surface area contributed by atoms with Crippen LogP contribution >= 0.6 is 0 Å². The zero-order chi connectivity index (χ0) is 8.97. The molecule has 0 N–H and O–H groups in total. The second-order valence-electron chi connectivity index (χ2n) is 2.73. The van der Waals surface area contributed by atoms with Gasteiger partial charge in [0.05, 0.1) is 6.61 Å². The number of aromatic nitrogens is 1. The normalized spacial score (nSPS) is 10.2. The van der Waals surface area contributed by atoms with Crippen molar-refractivity contribution in [2.75, 3.05) is 13.7 Å². The summed E-state index contributed by atoms with van der Waals surface area (Å²) in [5.41, 5.74) is 1.03. The van der Waals surface area contributed by atoms with Crippen molar-refractivity contribution >= 4 is 0 Å². The van der Waals surface area contributed by atoms with E-state index < -0.39 is 0 Å². The van der Waals surface area contributed by atoms with E-state index in [9.17, 15) is 4.79 Å². The lowest BCUT2D eigenvalue weighted by atomic mass is 10.3. The Morgan fingerprint density at radius 2 is 2.33 bits per heavy atom. The highest BCUT2D eigenvalue weighted by molar-refractivity contribution is 5.07. The van der Waals surface area contributed by atoms with Crippen LogP contribution in [0.2, 0.25) is 0 Å². The van der Waals surface area contributed by atoms with Gasteiger partial charge in [0.1, 0.15) is 0 Å². The number of rotatable bonds is 3. The maximum absolute atomic E-state index is 11.3. The second-order valence-corrected chi connectivity index (χ2v) is 2.73. The van der Waals surface area contributed by atoms with Gasteiger partial charge in [-0.25, -0.2) is 0 Å². The lowest BCUT2D eigenvalue weighted by Gasteiger charge is -2.03. The molecule has 66 valence electrons. The van der Waals surface area contributed by atoms with Crippen molar-refractivity contribution in [2.24, 2.45) is 0 Å². The Bertz CT molecular complexity index is 304. The van der Waals surface area contributed by atoms with Gasteiger partial charge < -0.3 is 9.30 Å². The molecule has 0 unspecified atom stereocenters. The molecule has 0 aliphatic rings. The second kappa shape index (κ2) is 4.07. The molecule has 0 fully saturated rings. The molecule has 0 aromatic carbocycles. The number of methoxy groups -OCH3 is 1. The van der Waals surface area contributed by atoms with E-state index in [2.05, 4.69) is 0 Å². The van der Waals surface area contributed by atoms with Gasteiger partial charge in [-0.2, -0.15) is 0 Å². The quantitative estimate of drug-likeness (QED) is 0.667. The minimum absolute atomic E-state index is 0.0343. The molecule has 0 amide bonds. The molecule has 12 heavy (non-hydrogen) atoms. The van der Waals surface area contributed by atoms with E-state index in [0.29, 0.717) is 13.2 Å². The van der Waals surface area contributed by atoms with Crippen molar-refractivity contribution in [3.63, 3.8) is 0 Å². The first-order valence-corrected chi connectivity index (χ1v) is 3.90. The van der Waals surface area contributed by atoms with Crippen molar-refractivity contribution in [3.8, 4) is 0 Å². The number of nitrogens with zero attached hydrogens (tertiary/aromatic N) is 1. The standard InChI is InChI=1S/C9H13NO2/c1-8-3-4-10(5-6-12-2)9(11)7-8/h3-4,7H,5-6H2,1-2H3. The first-order valence-electron chi connectivity index (χ1n) is 3.90. The summed E-state index contributed by atoms with van der Waals surface area (Å²) < 4.78 is 6.51. The van der Waals surface area contributed by atoms with Crippen molar-refractivity contribution in [1.82, 2.24) is 4.57 Å². The first kappa shape index (κ1) is 9.00. The molecule has 0 bridgehead atoms. The third-order valence-electron chi connectivity index (χ3n) is 1.69. The van der Waals surface area contributed by atoms with Crippen LogP contribution in [0.25, 0.3) is 0 Å². The first-order chi connectivity index (χ1) is 5.74. The van der Waals surface area contributed by atoms with E-state index in [1.165, 1.54) is 0 Å². The van der Waals surface area contributed by atoms with Crippen LogP contribution in [-0.4, -0.2) is 18.3 Å². The summed E-state index contributed by atoms with van der Waals surface area (Å²) in [4.78, 5) is 11.3. The molecule has 3 heteroatoms.